The Morgan fingerprint density at radius 2 is 2.07 bits per heavy atom. The summed E-state index contributed by atoms with van der Waals surface area (Å²) in [6, 6.07) is 12.3. The average molecular weight is 433 g/mol. The molecular formula is C21H21FN2O3S2. The van der Waals surface area contributed by atoms with E-state index in [1.807, 2.05) is 18.2 Å². The number of methoxy groups -OCH3 is 1. The number of carbonyl (C=O) groups is 1. The molecule has 1 aromatic heterocycles. The van der Waals surface area contributed by atoms with Gasteiger partial charge in [0.2, 0.25) is 0 Å². The van der Waals surface area contributed by atoms with Crippen LogP contribution in [0.5, 0.6) is 5.75 Å². The van der Waals surface area contributed by atoms with Crippen LogP contribution in [0.25, 0.3) is 10.2 Å². The number of carbonyl (C=O) groups excluding carboxylic acids is 1. The van der Waals surface area contributed by atoms with Crippen molar-refractivity contribution in [3.8, 4) is 5.75 Å². The summed E-state index contributed by atoms with van der Waals surface area (Å²) in [6.45, 7) is 1.33. The minimum absolute atomic E-state index is 0.0823. The molecule has 0 aliphatic carbocycles. The molecule has 0 bridgehead atoms. The van der Waals surface area contributed by atoms with Crippen LogP contribution >= 0.6 is 23.1 Å². The number of thiazole rings is 1. The molecule has 29 heavy (non-hydrogen) atoms. The lowest BCUT2D eigenvalue weighted by atomic mass is 10.2. The number of anilines is 1. The number of fused-ring (bicyclic) bond motifs is 1. The molecule has 0 N–H and O–H groups in total. The molecule has 2 aromatic carbocycles. The van der Waals surface area contributed by atoms with Crippen molar-refractivity contribution in [3.05, 3.63) is 48.3 Å². The molecular weight excluding hydrogens is 411 g/mol. The van der Waals surface area contributed by atoms with Crippen LogP contribution in [0, 0.1) is 5.82 Å². The zero-order valence-electron chi connectivity index (χ0n) is 16.0. The first kappa shape index (κ1) is 20.0. The maximum absolute atomic E-state index is 12.9. The maximum atomic E-state index is 12.9. The highest BCUT2D eigenvalue weighted by atomic mass is 32.2. The number of aromatic nitrogens is 1. The summed E-state index contributed by atoms with van der Waals surface area (Å²) in [7, 11) is 1.64. The summed E-state index contributed by atoms with van der Waals surface area (Å²) in [5.74, 6) is 1.16. The number of hydrogen-bond acceptors (Lipinski definition) is 7. The van der Waals surface area contributed by atoms with Gasteiger partial charge in [-0.1, -0.05) is 17.4 Å². The van der Waals surface area contributed by atoms with Crippen molar-refractivity contribution in [1.82, 2.24) is 4.98 Å². The molecule has 1 fully saturated rings. The van der Waals surface area contributed by atoms with Crippen LogP contribution in [0.15, 0.2) is 47.4 Å². The molecule has 1 aliphatic heterocycles. The highest BCUT2D eigenvalue weighted by Gasteiger charge is 2.32. The van der Waals surface area contributed by atoms with Crippen molar-refractivity contribution >= 4 is 44.4 Å². The van der Waals surface area contributed by atoms with Gasteiger partial charge in [-0.2, -0.15) is 0 Å². The fraction of sp³-hybridized carbons (Fsp3) is 0.333. The molecule has 4 rings (SSSR count). The van der Waals surface area contributed by atoms with E-state index >= 15 is 0 Å². The van der Waals surface area contributed by atoms with Crippen LogP contribution in [-0.2, 0) is 9.53 Å². The molecule has 3 aromatic rings. The number of ether oxygens (including phenoxy) is 2. The standard InChI is InChI=1S/C21H21FN2O3S2/c1-26-17-4-2-5-18-20(17)23-21(29-18)24-12-15(13-24)27-19(25)6-3-11-28-16-9-7-14(22)8-10-16/h2,4-5,7-10,15H,3,6,11-13H2,1H3. The maximum Gasteiger partial charge on any atom is 0.306 e. The third-order valence-electron chi connectivity index (χ3n) is 4.61. The quantitative estimate of drug-likeness (QED) is 0.291. The zero-order chi connectivity index (χ0) is 20.2. The fourth-order valence-electron chi connectivity index (χ4n) is 3.06. The summed E-state index contributed by atoms with van der Waals surface area (Å²) in [6.07, 6.45) is 1.04. The smallest absolute Gasteiger partial charge is 0.306 e. The van der Waals surface area contributed by atoms with Crippen molar-refractivity contribution < 1.29 is 18.7 Å². The molecule has 2 heterocycles. The second-order valence-corrected chi connectivity index (χ2v) is 8.90. The Morgan fingerprint density at radius 3 is 2.83 bits per heavy atom. The van der Waals surface area contributed by atoms with Crippen LogP contribution in [-0.4, -0.2) is 43.0 Å². The van der Waals surface area contributed by atoms with Gasteiger partial charge in [0.25, 0.3) is 0 Å². The van der Waals surface area contributed by atoms with Crippen LogP contribution in [0.3, 0.4) is 0 Å². The Bertz CT molecular complexity index is 987. The lowest BCUT2D eigenvalue weighted by molar-refractivity contribution is -0.150. The molecule has 0 unspecified atom stereocenters. The second-order valence-electron chi connectivity index (χ2n) is 6.73. The number of halogens is 1. The first-order valence-electron chi connectivity index (χ1n) is 9.39. The monoisotopic (exact) mass is 432 g/mol. The summed E-state index contributed by atoms with van der Waals surface area (Å²) in [5.41, 5.74) is 0.870. The molecule has 0 atom stereocenters. The largest absolute Gasteiger partial charge is 0.494 e. The third-order valence-corrected chi connectivity index (χ3v) is 6.79. The Morgan fingerprint density at radius 1 is 1.28 bits per heavy atom. The molecule has 1 aliphatic rings. The van der Waals surface area contributed by atoms with Gasteiger partial charge < -0.3 is 14.4 Å². The predicted octanol–water partition coefficient (Wildman–Crippen LogP) is 4.75. The van der Waals surface area contributed by atoms with Gasteiger partial charge in [-0.25, -0.2) is 9.37 Å². The van der Waals surface area contributed by atoms with Gasteiger partial charge >= 0.3 is 5.97 Å². The Labute approximate surface area is 176 Å². The predicted molar refractivity (Wildman–Crippen MR) is 115 cm³/mol. The molecule has 8 heteroatoms. The van der Waals surface area contributed by atoms with E-state index in [0.29, 0.717) is 19.5 Å². The highest BCUT2D eigenvalue weighted by Crippen LogP contribution is 2.36. The summed E-state index contributed by atoms with van der Waals surface area (Å²) < 4.78 is 24.9. The molecule has 0 spiro atoms. The topological polar surface area (TPSA) is 51.7 Å². The van der Waals surface area contributed by atoms with E-state index in [1.54, 1.807) is 42.3 Å². The van der Waals surface area contributed by atoms with Gasteiger partial charge in [0.05, 0.1) is 24.9 Å². The third kappa shape index (κ3) is 4.82. The van der Waals surface area contributed by atoms with E-state index in [4.69, 9.17) is 9.47 Å². The Kier molecular flexibility index (Phi) is 6.20. The van der Waals surface area contributed by atoms with Crippen molar-refractivity contribution in [2.24, 2.45) is 0 Å². The summed E-state index contributed by atoms with van der Waals surface area (Å²) >= 11 is 3.23. The zero-order valence-corrected chi connectivity index (χ0v) is 17.6. The van der Waals surface area contributed by atoms with E-state index in [0.717, 1.165) is 38.2 Å². The summed E-state index contributed by atoms with van der Waals surface area (Å²) in [5, 5.41) is 0.924. The molecule has 152 valence electrons. The van der Waals surface area contributed by atoms with E-state index < -0.39 is 0 Å². The first-order chi connectivity index (χ1) is 14.1. The van der Waals surface area contributed by atoms with Crippen LogP contribution in [0.4, 0.5) is 9.52 Å². The van der Waals surface area contributed by atoms with E-state index in [-0.39, 0.29) is 17.9 Å². The number of hydrogen-bond donors (Lipinski definition) is 0. The molecule has 5 nitrogen and oxygen atoms in total. The van der Waals surface area contributed by atoms with E-state index in [1.165, 1.54) is 12.1 Å². The number of esters is 1. The number of rotatable bonds is 8. The summed E-state index contributed by atoms with van der Waals surface area (Å²) in [4.78, 5) is 19.8. The fourth-order valence-corrected chi connectivity index (χ4v) is 4.92. The minimum Gasteiger partial charge on any atom is -0.494 e. The van der Waals surface area contributed by atoms with Gasteiger partial charge in [0.1, 0.15) is 23.2 Å². The number of thioether (sulfide) groups is 1. The Hall–Kier alpha value is -2.32. The molecule has 0 amide bonds. The normalized spacial score (nSPS) is 14.1. The molecule has 0 saturated carbocycles. The Balaban J connectivity index is 1.18. The van der Waals surface area contributed by atoms with Crippen LogP contribution < -0.4 is 9.64 Å². The SMILES string of the molecule is COc1cccc2sc(N3CC(OC(=O)CCCSc4ccc(F)cc4)C3)nc12. The van der Waals surface area contributed by atoms with Gasteiger partial charge in [0, 0.05) is 11.3 Å². The van der Waals surface area contributed by atoms with Gasteiger partial charge in [-0.3, -0.25) is 4.79 Å². The van der Waals surface area contributed by atoms with Gasteiger partial charge in [-0.15, -0.1) is 11.8 Å². The van der Waals surface area contributed by atoms with Crippen molar-refractivity contribution in [2.45, 2.75) is 23.8 Å². The average Bonchev–Trinajstić information content (AvgIpc) is 3.12. The number of benzene rings is 2. The highest BCUT2D eigenvalue weighted by molar-refractivity contribution is 7.99. The lowest BCUT2D eigenvalue weighted by Gasteiger charge is -2.38. The van der Waals surface area contributed by atoms with E-state index in [2.05, 4.69) is 9.88 Å². The minimum atomic E-state index is -0.238. The molecule has 0 radical (unpaired) electrons. The van der Waals surface area contributed by atoms with Crippen LogP contribution in [0.2, 0.25) is 0 Å². The van der Waals surface area contributed by atoms with Gasteiger partial charge in [-0.05, 0) is 48.6 Å². The second kappa shape index (κ2) is 9.00. The van der Waals surface area contributed by atoms with Gasteiger partial charge in [0.15, 0.2) is 5.13 Å². The number of nitrogens with zero attached hydrogens (tertiary/aromatic N) is 2. The lowest BCUT2D eigenvalue weighted by Crippen LogP contribution is -2.53. The van der Waals surface area contributed by atoms with E-state index in [9.17, 15) is 9.18 Å². The van der Waals surface area contributed by atoms with Crippen molar-refractivity contribution in [3.63, 3.8) is 0 Å². The van der Waals surface area contributed by atoms with Crippen LogP contribution in [0.1, 0.15) is 12.8 Å². The number of para-hydroxylation sites is 1. The van der Waals surface area contributed by atoms with Crippen molar-refractivity contribution in [1.29, 1.82) is 0 Å². The van der Waals surface area contributed by atoms with Crippen molar-refractivity contribution in [2.75, 3.05) is 30.9 Å². The first-order valence-corrected chi connectivity index (χ1v) is 11.2. The molecule has 1 saturated heterocycles.